The number of ether oxygens (including phenoxy) is 3. The van der Waals surface area contributed by atoms with Gasteiger partial charge in [0.25, 0.3) is 5.91 Å². The van der Waals surface area contributed by atoms with Gasteiger partial charge < -0.3 is 18.4 Å². The van der Waals surface area contributed by atoms with Gasteiger partial charge in [-0.15, -0.1) is 0 Å². The highest BCUT2D eigenvalue weighted by atomic mass is 127. The number of nitrogens with one attached hydrogen (secondary N) is 1. The number of halogens is 1. The van der Waals surface area contributed by atoms with Gasteiger partial charge in [0.2, 0.25) is 0 Å². The maximum atomic E-state index is 12.7. The van der Waals surface area contributed by atoms with Crippen LogP contribution in [-0.2, 0) is 10.1 Å². The molecule has 0 aliphatic carbocycles. The van der Waals surface area contributed by atoms with Crippen molar-refractivity contribution in [3.8, 4) is 23.0 Å². The molecule has 0 heterocycles. The van der Waals surface area contributed by atoms with Gasteiger partial charge in [-0.25, -0.2) is 5.43 Å². The van der Waals surface area contributed by atoms with Crippen LogP contribution in [0.4, 0.5) is 0 Å². The van der Waals surface area contributed by atoms with E-state index >= 15 is 0 Å². The number of amides is 1. The van der Waals surface area contributed by atoms with Crippen molar-refractivity contribution in [1.29, 1.82) is 0 Å². The lowest BCUT2D eigenvalue weighted by Gasteiger charge is -2.14. The van der Waals surface area contributed by atoms with Crippen LogP contribution in [0.1, 0.15) is 22.8 Å². The quantitative estimate of drug-likeness (QED) is 0.158. The van der Waals surface area contributed by atoms with Crippen LogP contribution in [0.15, 0.2) is 70.7 Å². The van der Waals surface area contributed by atoms with E-state index in [4.69, 9.17) is 18.4 Å². The molecule has 0 fully saturated rings. The Balaban J connectivity index is 1.80. The van der Waals surface area contributed by atoms with Crippen molar-refractivity contribution < 1.29 is 31.6 Å². The molecule has 0 unspecified atom stereocenters. The molecular formula is C24H23IN2O7S. The molecule has 0 bridgehead atoms. The molecule has 1 amide bonds. The van der Waals surface area contributed by atoms with Crippen LogP contribution in [0.25, 0.3) is 0 Å². The molecule has 3 aromatic rings. The van der Waals surface area contributed by atoms with Crippen LogP contribution < -0.4 is 23.8 Å². The highest BCUT2D eigenvalue weighted by molar-refractivity contribution is 14.1. The van der Waals surface area contributed by atoms with Crippen LogP contribution in [0.2, 0.25) is 0 Å². The van der Waals surface area contributed by atoms with E-state index in [9.17, 15) is 13.2 Å². The summed E-state index contributed by atoms with van der Waals surface area (Å²) < 4.78 is 47.3. The average molecular weight is 610 g/mol. The number of carbonyl (C=O) groups excluding carboxylic acids is 1. The lowest BCUT2D eigenvalue weighted by molar-refractivity contribution is 0.0954. The Morgan fingerprint density at radius 2 is 1.71 bits per heavy atom. The summed E-state index contributed by atoms with van der Waals surface area (Å²) in [6.45, 7) is 2.06. The average Bonchev–Trinajstić information content (AvgIpc) is 2.86. The van der Waals surface area contributed by atoms with E-state index in [1.165, 1.54) is 32.6 Å². The number of hydrogen-bond acceptors (Lipinski definition) is 8. The Morgan fingerprint density at radius 1 is 1.00 bits per heavy atom. The predicted octanol–water partition coefficient (Wildman–Crippen LogP) is 4.24. The fraction of sp³-hybridized carbons (Fsp3) is 0.167. The molecule has 0 aromatic heterocycles. The number of methoxy groups -OCH3 is 2. The van der Waals surface area contributed by atoms with Crippen LogP contribution >= 0.6 is 22.6 Å². The maximum absolute atomic E-state index is 12.7. The van der Waals surface area contributed by atoms with E-state index in [0.29, 0.717) is 26.2 Å². The van der Waals surface area contributed by atoms with Crippen molar-refractivity contribution in [2.24, 2.45) is 5.10 Å². The van der Waals surface area contributed by atoms with Crippen LogP contribution in [0.3, 0.4) is 0 Å². The SMILES string of the molecule is CCOc1cc(/C=N/NC(=O)c2ccc(OC)c(OC)c2)cc(I)c1OS(=O)(=O)c1ccccc1. The van der Waals surface area contributed by atoms with E-state index in [1.54, 1.807) is 55.5 Å². The summed E-state index contributed by atoms with van der Waals surface area (Å²) in [6.07, 6.45) is 1.42. The second-order valence-electron chi connectivity index (χ2n) is 6.88. The molecule has 9 nitrogen and oxygen atoms in total. The second-order valence-corrected chi connectivity index (χ2v) is 9.59. The monoisotopic (exact) mass is 610 g/mol. The predicted molar refractivity (Wildman–Crippen MR) is 139 cm³/mol. The van der Waals surface area contributed by atoms with Crippen LogP contribution in [0.5, 0.6) is 23.0 Å². The summed E-state index contributed by atoms with van der Waals surface area (Å²) in [5, 5.41) is 4.00. The molecule has 0 aliphatic rings. The third-order valence-electron chi connectivity index (χ3n) is 4.58. The first-order chi connectivity index (χ1) is 16.8. The van der Waals surface area contributed by atoms with Crippen molar-refractivity contribution in [3.05, 3.63) is 75.4 Å². The normalized spacial score (nSPS) is 11.2. The largest absolute Gasteiger partial charge is 0.493 e. The molecule has 0 atom stereocenters. The summed E-state index contributed by atoms with van der Waals surface area (Å²) in [5.41, 5.74) is 3.34. The Kier molecular flexibility index (Phi) is 8.93. The summed E-state index contributed by atoms with van der Waals surface area (Å²) in [6, 6.07) is 15.8. The third-order valence-corrected chi connectivity index (χ3v) is 6.62. The van der Waals surface area contributed by atoms with Crippen molar-refractivity contribution in [2.45, 2.75) is 11.8 Å². The molecule has 11 heteroatoms. The van der Waals surface area contributed by atoms with E-state index in [1.807, 2.05) is 22.6 Å². The lowest BCUT2D eigenvalue weighted by atomic mass is 10.2. The first-order valence-corrected chi connectivity index (χ1v) is 12.8. The van der Waals surface area contributed by atoms with Crippen LogP contribution in [0, 0.1) is 3.57 Å². The number of hydrogen-bond donors (Lipinski definition) is 1. The number of rotatable bonds is 10. The molecule has 0 saturated carbocycles. The fourth-order valence-corrected chi connectivity index (χ4v) is 4.82. The number of carbonyl (C=O) groups is 1. The van der Waals surface area contributed by atoms with E-state index in [0.717, 1.165) is 0 Å². The number of benzene rings is 3. The van der Waals surface area contributed by atoms with Gasteiger partial charge in [-0.2, -0.15) is 13.5 Å². The zero-order valence-corrected chi connectivity index (χ0v) is 22.1. The first kappa shape index (κ1) is 26.3. The Bertz CT molecular complexity index is 1330. The minimum atomic E-state index is -4.05. The van der Waals surface area contributed by atoms with Gasteiger partial charge in [-0.1, -0.05) is 18.2 Å². The first-order valence-electron chi connectivity index (χ1n) is 10.3. The lowest BCUT2D eigenvalue weighted by Crippen LogP contribution is -2.17. The standard InChI is InChI=1S/C24H23IN2O7S/c1-4-33-22-13-16(12-19(25)23(22)34-35(29,30)18-8-6-5-7-9-18)15-26-27-24(28)17-10-11-20(31-2)21(14-17)32-3/h5-15H,4H2,1-3H3,(H,27,28)/b26-15+. The summed E-state index contributed by atoms with van der Waals surface area (Å²) in [5.74, 6) is 0.772. The minimum Gasteiger partial charge on any atom is -0.493 e. The van der Waals surface area contributed by atoms with Gasteiger partial charge in [0.05, 0.1) is 30.6 Å². The zero-order chi connectivity index (χ0) is 25.4. The van der Waals surface area contributed by atoms with Crippen molar-refractivity contribution >= 4 is 44.8 Å². The molecule has 184 valence electrons. The smallest absolute Gasteiger partial charge is 0.339 e. The van der Waals surface area contributed by atoms with E-state index < -0.39 is 16.0 Å². The van der Waals surface area contributed by atoms with E-state index in [-0.39, 0.29) is 23.0 Å². The van der Waals surface area contributed by atoms with Crippen molar-refractivity contribution in [2.75, 3.05) is 20.8 Å². The van der Waals surface area contributed by atoms with Gasteiger partial charge in [0.15, 0.2) is 23.0 Å². The topological polar surface area (TPSA) is 113 Å². The molecular weight excluding hydrogens is 587 g/mol. The highest BCUT2D eigenvalue weighted by Crippen LogP contribution is 2.36. The van der Waals surface area contributed by atoms with Crippen molar-refractivity contribution in [3.63, 3.8) is 0 Å². The molecule has 1 N–H and O–H groups in total. The molecule has 35 heavy (non-hydrogen) atoms. The minimum absolute atomic E-state index is 0.0294. The summed E-state index contributed by atoms with van der Waals surface area (Å²) in [4.78, 5) is 12.5. The number of hydrazone groups is 1. The Labute approximate surface area is 217 Å². The van der Waals surface area contributed by atoms with Gasteiger partial charge in [0.1, 0.15) is 4.90 Å². The van der Waals surface area contributed by atoms with Gasteiger partial charge in [-0.3, -0.25) is 4.79 Å². The zero-order valence-electron chi connectivity index (χ0n) is 19.1. The molecule has 0 aliphatic heterocycles. The molecule has 0 spiro atoms. The molecule has 0 saturated heterocycles. The summed E-state index contributed by atoms with van der Waals surface area (Å²) in [7, 11) is -1.07. The van der Waals surface area contributed by atoms with Gasteiger partial charge in [-0.05, 0) is 77.5 Å². The summed E-state index contributed by atoms with van der Waals surface area (Å²) >= 11 is 1.96. The highest BCUT2D eigenvalue weighted by Gasteiger charge is 2.22. The third kappa shape index (κ3) is 6.63. The van der Waals surface area contributed by atoms with Gasteiger partial charge >= 0.3 is 10.1 Å². The second kappa shape index (κ2) is 11.9. The Hall–Kier alpha value is -3.32. The van der Waals surface area contributed by atoms with Gasteiger partial charge in [0, 0.05) is 5.56 Å². The molecule has 3 aromatic carbocycles. The maximum Gasteiger partial charge on any atom is 0.339 e. The molecule has 0 radical (unpaired) electrons. The van der Waals surface area contributed by atoms with E-state index in [2.05, 4.69) is 10.5 Å². The van der Waals surface area contributed by atoms with Crippen molar-refractivity contribution in [1.82, 2.24) is 5.43 Å². The van der Waals surface area contributed by atoms with Crippen LogP contribution in [-0.4, -0.2) is 41.4 Å². The fourth-order valence-electron chi connectivity index (χ4n) is 2.96. The Morgan fingerprint density at radius 3 is 2.37 bits per heavy atom. The number of nitrogens with zero attached hydrogens (tertiary/aromatic N) is 1. The molecule has 3 rings (SSSR count).